The van der Waals surface area contributed by atoms with Crippen molar-refractivity contribution in [1.29, 1.82) is 0 Å². The number of benzene rings is 1. The first-order chi connectivity index (χ1) is 13.1. The van der Waals surface area contributed by atoms with E-state index in [1.165, 1.54) is 6.08 Å². The summed E-state index contributed by atoms with van der Waals surface area (Å²) in [6.45, 7) is 4.54. The van der Waals surface area contributed by atoms with Crippen LogP contribution in [-0.4, -0.2) is 64.9 Å². The number of rotatable bonds is 5. The Morgan fingerprint density at radius 1 is 1.22 bits per heavy atom. The molecule has 1 saturated carbocycles. The second-order valence-electron chi connectivity index (χ2n) is 7.17. The zero-order valence-electron chi connectivity index (χ0n) is 15.4. The normalized spacial score (nSPS) is 19.5. The smallest absolute Gasteiger partial charge is 0.246 e. The van der Waals surface area contributed by atoms with Crippen molar-refractivity contribution >= 4 is 29.0 Å². The van der Waals surface area contributed by atoms with Crippen LogP contribution in [0.3, 0.4) is 0 Å². The standard InChI is InChI=1S/C20H24N4O3/c1-14(20(26)21-15-6-7-15)23-10-12-24(13-11-23)19(25)9-8-18-22-16-4-2-3-5-17(16)27-18/h2-5,8-9,14-15H,6-7,10-13H2,1H3,(H,21,26)/b9-8+. The summed E-state index contributed by atoms with van der Waals surface area (Å²) in [7, 11) is 0. The van der Waals surface area contributed by atoms with Crippen molar-refractivity contribution < 1.29 is 14.0 Å². The fourth-order valence-corrected chi connectivity index (χ4v) is 3.25. The molecule has 7 heteroatoms. The number of hydrogen-bond donors (Lipinski definition) is 1. The Labute approximate surface area is 158 Å². The van der Waals surface area contributed by atoms with Crippen molar-refractivity contribution in [3.63, 3.8) is 0 Å². The molecule has 2 aliphatic rings. The second-order valence-corrected chi connectivity index (χ2v) is 7.17. The number of para-hydroxylation sites is 2. The Bertz CT molecular complexity index is 830. The molecular formula is C20H24N4O3. The van der Waals surface area contributed by atoms with Gasteiger partial charge < -0.3 is 14.6 Å². The van der Waals surface area contributed by atoms with Gasteiger partial charge in [0, 0.05) is 44.4 Å². The number of oxazole rings is 1. The first-order valence-electron chi connectivity index (χ1n) is 9.47. The van der Waals surface area contributed by atoms with Crippen molar-refractivity contribution in [2.75, 3.05) is 26.2 Å². The van der Waals surface area contributed by atoms with E-state index in [9.17, 15) is 9.59 Å². The average Bonchev–Trinajstić information content (AvgIpc) is 3.41. The Hall–Kier alpha value is -2.67. The van der Waals surface area contributed by atoms with Gasteiger partial charge in [0.25, 0.3) is 0 Å². The summed E-state index contributed by atoms with van der Waals surface area (Å²) in [4.78, 5) is 32.9. The lowest BCUT2D eigenvalue weighted by Gasteiger charge is -2.37. The fourth-order valence-electron chi connectivity index (χ4n) is 3.25. The van der Waals surface area contributed by atoms with E-state index in [0.29, 0.717) is 43.7 Å². The van der Waals surface area contributed by atoms with Gasteiger partial charge >= 0.3 is 0 Å². The number of hydrogen-bond acceptors (Lipinski definition) is 5. The molecule has 2 aromatic rings. The number of aromatic nitrogens is 1. The van der Waals surface area contributed by atoms with E-state index in [1.807, 2.05) is 31.2 Å². The third-order valence-corrected chi connectivity index (χ3v) is 5.16. The van der Waals surface area contributed by atoms with E-state index in [4.69, 9.17) is 4.42 Å². The second kappa shape index (κ2) is 7.52. The molecule has 0 radical (unpaired) electrons. The minimum atomic E-state index is -0.154. The van der Waals surface area contributed by atoms with Gasteiger partial charge in [-0.2, -0.15) is 0 Å². The molecule has 0 spiro atoms. The molecule has 2 fully saturated rings. The Balaban J connectivity index is 1.29. The topological polar surface area (TPSA) is 78.7 Å². The summed E-state index contributed by atoms with van der Waals surface area (Å²) in [6.07, 6.45) is 5.30. The zero-order chi connectivity index (χ0) is 18.8. The molecule has 1 N–H and O–H groups in total. The van der Waals surface area contributed by atoms with Crippen LogP contribution in [0.2, 0.25) is 0 Å². The predicted octanol–water partition coefficient (Wildman–Crippen LogP) is 1.65. The van der Waals surface area contributed by atoms with Gasteiger partial charge in [-0.1, -0.05) is 12.1 Å². The third-order valence-electron chi connectivity index (χ3n) is 5.16. The highest BCUT2D eigenvalue weighted by Gasteiger charge is 2.30. The van der Waals surface area contributed by atoms with Gasteiger partial charge in [-0.3, -0.25) is 14.5 Å². The SMILES string of the molecule is CC(C(=O)NC1CC1)N1CCN(C(=O)/C=C/c2nc3ccccc3o2)CC1. The van der Waals surface area contributed by atoms with Gasteiger partial charge in [0.2, 0.25) is 17.7 Å². The maximum Gasteiger partial charge on any atom is 0.246 e. The van der Waals surface area contributed by atoms with Crippen LogP contribution in [0.1, 0.15) is 25.7 Å². The van der Waals surface area contributed by atoms with E-state index in [-0.39, 0.29) is 17.9 Å². The lowest BCUT2D eigenvalue weighted by Crippen LogP contribution is -2.55. The molecule has 1 aromatic heterocycles. The highest BCUT2D eigenvalue weighted by Crippen LogP contribution is 2.19. The molecule has 1 aliphatic carbocycles. The first-order valence-corrected chi connectivity index (χ1v) is 9.47. The first kappa shape index (κ1) is 17.7. The summed E-state index contributed by atoms with van der Waals surface area (Å²) in [5, 5.41) is 3.04. The molecular weight excluding hydrogens is 344 g/mol. The van der Waals surface area contributed by atoms with Crippen LogP contribution in [0.5, 0.6) is 0 Å². The van der Waals surface area contributed by atoms with E-state index in [0.717, 1.165) is 18.4 Å². The van der Waals surface area contributed by atoms with Crippen molar-refractivity contribution in [3.8, 4) is 0 Å². The number of carbonyl (C=O) groups excluding carboxylic acids is 2. The van der Waals surface area contributed by atoms with Crippen LogP contribution in [0.4, 0.5) is 0 Å². The summed E-state index contributed by atoms with van der Waals surface area (Å²) in [6, 6.07) is 7.73. The molecule has 4 rings (SSSR count). The fraction of sp³-hybridized carbons (Fsp3) is 0.450. The minimum Gasteiger partial charge on any atom is -0.437 e. The number of amides is 2. The van der Waals surface area contributed by atoms with Crippen molar-refractivity contribution in [1.82, 2.24) is 20.1 Å². The van der Waals surface area contributed by atoms with Gasteiger partial charge in [-0.25, -0.2) is 4.98 Å². The summed E-state index contributed by atoms with van der Waals surface area (Å²) in [5.74, 6) is 0.452. The summed E-state index contributed by atoms with van der Waals surface area (Å²) >= 11 is 0. The van der Waals surface area contributed by atoms with Gasteiger partial charge in [0.05, 0.1) is 6.04 Å². The minimum absolute atomic E-state index is 0.0630. The lowest BCUT2D eigenvalue weighted by molar-refractivity contribution is -0.130. The largest absolute Gasteiger partial charge is 0.437 e. The van der Waals surface area contributed by atoms with Crippen LogP contribution in [0.15, 0.2) is 34.8 Å². The van der Waals surface area contributed by atoms with Crippen LogP contribution >= 0.6 is 0 Å². The lowest BCUT2D eigenvalue weighted by atomic mass is 10.2. The average molecular weight is 368 g/mol. The monoisotopic (exact) mass is 368 g/mol. The van der Waals surface area contributed by atoms with Gasteiger partial charge in [0.15, 0.2) is 5.58 Å². The molecule has 0 bridgehead atoms. The van der Waals surface area contributed by atoms with Gasteiger partial charge in [0.1, 0.15) is 5.52 Å². The van der Waals surface area contributed by atoms with Gasteiger partial charge in [-0.05, 0) is 31.9 Å². The number of nitrogens with one attached hydrogen (secondary N) is 1. The molecule has 142 valence electrons. The quantitative estimate of drug-likeness (QED) is 0.812. The molecule has 1 aromatic carbocycles. The maximum atomic E-state index is 12.4. The number of nitrogens with zero attached hydrogens (tertiary/aromatic N) is 3. The molecule has 1 unspecified atom stereocenters. The van der Waals surface area contributed by atoms with Crippen molar-refractivity contribution in [2.45, 2.75) is 31.8 Å². The van der Waals surface area contributed by atoms with E-state index >= 15 is 0 Å². The molecule has 1 saturated heterocycles. The number of fused-ring (bicyclic) bond motifs is 1. The van der Waals surface area contributed by atoms with Crippen molar-refractivity contribution in [3.05, 3.63) is 36.2 Å². The highest BCUT2D eigenvalue weighted by molar-refractivity contribution is 5.91. The van der Waals surface area contributed by atoms with Crippen LogP contribution in [-0.2, 0) is 9.59 Å². The van der Waals surface area contributed by atoms with Crippen LogP contribution < -0.4 is 5.32 Å². The van der Waals surface area contributed by atoms with Crippen LogP contribution in [0, 0.1) is 0 Å². The van der Waals surface area contributed by atoms with Crippen LogP contribution in [0.25, 0.3) is 17.2 Å². The van der Waals surface area contributed by atoms with Gasteiger partial charge in [-0.15, -0.1) is 0 Å². The summed E-state index contributed by atoms with van der Waals surface area (Å²) < 4.78 is 5.60. The molecule has 7 nitrogen and oxygen atoms in total. The zero-order valence-corrected chi connectivity index (χ0v) is 15.4. The Morgan fingerprint density at radius 2 is 1.96 bits per heavy atom. The Morgan fingerprint density at radius 3 is 2.67 bits per heavy atom. The van der Waals surface area contributed by atoms with E-state index in [1.54, 1.807) is 11.0 Å². The molecule has 2 amide bonds. The van der Waals surface area contributed by atoms with E-state index in [2.05, 4.69) is 15.2 Å². The van der Waals surface area contributed by atoms with Crippen molar-refractivity contribution in [2.24, 2.45) is 0 Å². The van der Waals surface area contributed by atoms with E-state index < -0.39 is 0 Å². The maximum absolute atomic E-state index is 12.4. The molecule has 27 heavy (non-hydrogen) atoms. The molecule has 1 aliphatic heterocycles. The summed E-state index contributed by atoms with van der Waals surface area (Å²) in [5.41, 5.74) is 1.48. The number of carbonyl (C=O) groups is 2. The molecule has 2 heterocycles. The molecule has 1 atom stereocenters. The Kier molecular flexibility index (Phi) is 4.94. The number of piperazine rings is 1. The predicted molar refractivity (Wildman–Crippen MR) is 102 cm³/mol. The third kappa shape index (κ3) is 4.19. The highest BCUT2D eigenvalue weighted by atomic mass is 16.3.